The first-order valence-electron chi connectivity index (χ1n) is 12.9. The van der Waals surface area contributed by atoms with Crippen LogP contribution in [0.1, 0.15) is 12.8 Å². The molecule has 40 heavy (non-hydrogen) atoms. The first-order chi connectivity index (χ1) is 19.2. The number of nitrogens with zero attached hydrogens (tertiary/aromatic N) is 4. The maximum Gasteiger partial charge on any atom is 0.223 e. The van der Waals surface area contributed by atoms with Gasteiger partial charge in [0.2, 0.25) is 5.95 Å². The molecule has 10 nitrogen and oxygen atoms in total. The molecule has 3 aromatic rings. The average Bonchev–Trinajstić information content (AvgIpc) is 2.94. The number of benzene rings is 1. The predicted molar refractivity (Wildman–Crippen MR) is 159 cm³/mol. The van der Waals surface area contributed by atoms with Gasteiger partial charge in [0.05, 0.1) is 42.6 Å². The van der Waals surface area contributed by atoms with Crippen molar-refractivity contribution in [3.8, 4) is 22.8 Å². The van der Waals surface area contributed by atoms with Crippen molar-refractivity contribution < 1.29 is 19.0 Å². The Bertz CT molecular complexity index is 1360. The number of methoxy groups -OCH3 is 2. The van der Waals surface area contributed by atoms with Crippen LogP contribution in [-0.2, 0) is 9.53 Å². The van der Waals surface area contributed by atoms with Crippen LogP contribution in [0.4, 0.5) is 11.8 Å². The van der Waals surface area contributed by atoms with Crippen LogP contribution in [0.15, 0.2) is 31.0 Å². The van der Waals surface area contributed by atoms with Gasteiger partial charge in [0.25, 0.3) is 0 Å². The minimum absolute atomic E-state index is 0.00809. The van der Waals surface area contributed by atoms with E-state index in [0.29, 0.717) is 76.3 Å². The zero-order valence-electron chi connectivity index (χ0n) is 23.1. The van der Waals surface area contributed by atoms with E-state index in [-0.39, 0.29) is 17.7 Å². The van der Waals surface area contributed by atoms with Crippen LogP contribution in [0.2, 0.25) is 10.0 Å². The van der Waals surface area contributed by atoms with Crippen molar-refractivity contribution in [2.75, 3.05) is 65.3 Å². The Morgan fingerprint density at radius 2 is 1.93 bits per heavy atom. The van der Waals surface area contributed by atoms with Gasteiger partial charge >= 0.3 is 0 Å². The molecule has 0 aliphatic carbocycles. The molecule has 0 unspecified atom stereocenters. The average molecular weight is 590 g/mol. The molecule has 1 aliphatic rings. The highest BCUT2D eigenvalue weighted by molar-refractivity contribution is 6.41. The predicted octanol–water partition coefficient (Wildman–Crippen LogP) is 4.95. The standard InChI is InChI=1S/C28H34Cl2N6O4/c1-6-18(37)11-16-7-10-40-15-20(16)34-28-32-14-17-12-19(33-27(26(17)35-28)31-8-9-36(2)3)23-24(29)21(38-4)13-22(39-5)25(23)30/h6,12-14,16,20H,1,7-11,15H2,2-5H3,(H,31,33)(H,32,34,35)/t16-,20-/m1/s1. The van der Waals surface area contributed by atoms with Crippen molar-refractivity contribution >= 4 is 51.7 Å². The summed E-state index contributed by atoms with van der Waals surface area (Å²) in [6.45, 7) is 6.06. The lowest BCUT2D eigenvalue weighted by Crippen LogP contribution is -2.40. The molecule has 1 fully saturated rings. The van der Waals surface area contributed by atoms with Gasteiger partial charge in [-0.15, -0.1) is 0 Å². The number of rotatable bonds is 12. The fourth-order valence-corrected chi connectivity index (χ4v) is 5.26. The summed E-state index contributed by atoms with van der Waals surface area (Å²) in [6.07, 6.45) is 4.24. The number of anilines is 2. The highest BCUT2D eigenvalue weighted by Gasteiger charge is 2.28. The van der Waals surface area contributed by atoms with Gasteiger partial charge in [-0.1, -0.05) is 29.8 Å². The summed E-state index contributed by atoms with van der Waals surface area (Å²) in [5, 5.41) is 8.14. The molecule has 0 amide bonds. The maximum atomic E-state index is 12.1. The third-order valence-electron chi connectivity index (χ3n) is 6.75. The Kier molecular flexibility index (Phi) is 10.0. The number of allylic oxidation sites excluding steroid dienone is 1. The second-order valence-electron chi connectivity index (χ2n) is 9.75. The molecule has 4 rings (SSSR count). The number of carbonyl (C=O) groups is 1. The summed E-state index contributed by atoms with van der Waals surface area (Å²) in [5.74, 6) is 1.89. The molecule has 2 aromatic heterocycles. The van der Waals surface area contributed by atoms with E-state index in [1.54, 1.807) is 12.3 Å². The highest BCUT2D eigenvalue weighted by Crippen LogP contribution is 2.46. The second kappa shape index (κ2) is 13.5. The van der Waals surface area contributed by atoms with Crippen molar-refractivity contribution in [2.24, 2.45) is 5.92 Å². The molecule has 12 heteroatoms. The van der Waals surface area contributed by atoms with Crippen LogP contribution < -0.4 is 20.1 Å². The van der Waals surface area contributed by atoms with Crippen molar-refractivity contribution in [2.45, 2.75) is 18.9 Å². The molecule has 0 saturated carbocycles. The Hall–Kier alpha value is -3.18. The van der Waals surface area contributed by atoms with Crippen LogP contribution >= 0.6 is 23.2 Å². The summed E-state index contributed by atoms with van der Waals surface area (Å²) < 4.78 is 16.6. The molecular weight excluding hydrogens is 555 g/mol. The molecule has 0 spiro atoms. The van der Waals surface area contributed by atoms with E-state index in [0.717, 1.165) is 18.4 Å². The number of ketones is 1. The van der Waals surface area contributed by atoms with Crippen LogP contribution in [0, 0.1) is 5.92 Å². The number of likely N-dealkylation sites (N-methyl/N-ethyl adjacent to an activating group) is 1. The van der Waals surface area contributed by atoms with Gasteiger partial charge in [-0.3, -0.25) is 4.79 Å². The smallest absolute Gasteiger partial charge is 0.223 e. The van der Waals surface area contributed by atoms with Crippen molar-refractivity contribution in [3.05, 3.63) is 41.0 Å². The fraction of sp³-hybridized carbons (Fsp3) is 0.429. The molecule has 1 saturated heterocycles. The summed E-state index contributed by atoms with van der Waals surface area (Å²) in [7, 11) is 7.04. The zero-order chi connectivity index (χ0) is 28.8. The van der Waals surface area contributed by atoms with Crippen molar-refractivity contribution in [1.29, 1.82) is 0 Å². The number of nitrogens with one attached hydrogen (secondary N) is 2. The van der Waals surface area contributed by atoms with Crippen molar-refractivity contribution in [3.63, 3.8) is 0 Å². The lowest BCUT2D eigenvalue weighted by atomic mass is 9.90. The fourth-order valence-electron chi connectivity index (χ4n) is 4.56. The Balaban J connectivity index is 1.76. The summed E-state index contributed by atoms with van der Waals surface area (Å²) in [6, 6.07) is 3.35. The summed E-state index contributed by atoms with van der Waals surface area (Å²) >= 11 is 13.4. The minimum atomic E-state index is -0.116. The Morgan fingerprint density at radius 3 is 2.58 bits per heavy atom. The first-order valence-corrected chi connectivity index (χ1v) is 13.7. The second-order valence-corrected chi connectivity index (χ2v) is 10.5. The largest absolute Gasteiger partial charge is 0.495 e. The van der Waals surface area contributed by atoms with Gasteiger partial charge in [0.15, 0.2) is 11.6 Å². The first kappa shape index (κ1) is 29.8. The number of aromatic nitrogens is 3. The summed E-state index contributed by atoms with van der Waals surface area (Å²) in [5.41, 5.74) is 1.62. The number of hydrogen-bond donors (Lipinski definition) is 2. The number of ether oxygens (including phenoxy) is 3. The Morgan fingerprint density at radius 1 is 1.20 bits per heavy atom. The lowest BCUT2D eigenvalue weighted by molar-refractivity contribution is -0.116. The highest BCUT2D eigenvalue weighted by atomic mass is 35.5. The number of fused-ring (bicyclic) bond motifs is 1. The molecule has 2 atom stereocenters. The van der Waals surface area contributed by atoms with E-state index in [9.17, 15) is 4.79 Å². The van der Waals surface area contributed by atoms with Gasteiger partial charge < -0.3 is 29.7 Å². The van der Waals surface area contributed by atoms with Gasteiger partial charge in [0.1, 0.15) is 17.0 Å². The zero-order valence-corrected chi connectivity index (χ0v) is 24.6. The van der Waals surface area contributed by atoms with Crippen LogP contribution in [0.3, 0.4) is 0 Å². The van der Waals surface area contributed by atoms with E-state index in [4.69, 9.17) is 47.4 Å². The molecule has 214 valence electrons. The lowest BCUT2D eigenvalue weighted by Gasteiger charge is -2.31. The molecule has 2 N–H and O–H groups in total. The summed E-state index contributed by atoms with van der Waals surface area (Å²) in [4.78, 5) is 28.4. The molecule has 1 aromatic carbocycles. The van der Waals surface area contributed by atoms with Crippen molar-refractivity contribution in [1.82, 2.24) is 19.9 Å². The van der Waals surface area contributed by atoms with E-state index >= 15 is 0 Å². The van der Waals surface area contributed by atoms with E-state index < -0.39 is 0 Å². The quantitative estimate of drug-likeness (QED) is 0.282. The van der Waals surface area contributed by atoms with Gasteiger partial charge in [-0.2, -0.15) is 0 Å². The van der Waals surface area contributed by atoms with E-state index in [1.807, 2.05) is 20.2 Å². The maximum absolute atomic E-state index is 12.1. The molecule has 0 bridgehead atoms. The molecule has 3 heterocycles. The number of carbonyl (C=O) groups excluding carboxylic acids is 1. The van der Waals surface area contributed by atoms with Crippen LogP contribution in [-0.4, -0.2) is 86.3 Å². The number of pyridine rings is 1. The number of hydrogen-bond acceptors (Lipinski definition) is 10. The minimum Gasteiger partial charge on any atom is -0.495 e. The third kappa shape index (κ3) is 6.75. The number of halogens is 2. The van der Waals surface area contributed by atoms with Crippen LogP contribution in [0.5, 0.6) is 11.5 Å². The topological polar surface area (TPSA) is 111 Å². The molecule has 1 aliphatic heterocycles. The molecular formula is C28H34Cl2N6O4. The van der Waals surface area contributed by atoms with Crippen LogP contribution in [0.25, 0.3) is 22.2 Å². The third-order valence-corrected chi connectivity index (χ3v) is 7.50. The SMILES string of the molecule is C=CC(=O)C[C@H]1CCOC[C@H]1Nc1ncc2cc(-c3c(Cl)c(OC)cc(OC)c3Cl)nc(NCCN(C)C)c2n1. The Labute approximate surface area is 244 Å². The van der Waals surface area contributed by atoms with Gasteiger partial charge in [-0.05, 0) is 38.6 Å². The normalized spacial score (nSPS) is 17.1. The van der Waals surface area contributed by atoms with E-state index in [2.05, 4.69) is 27.1 Å². The van der Waals surface area contributed by atoms with Gasteiger partial charge in [-0.25, -0.2) is 15.0 Å². The molecule has 0 radical (unpaired) electrons. The van der Waals surface area contributed by atoms with E-state index in [1.165, 1.54) is 20.3 Å². The monoisotopic (exact) mass is 588 g/mol. The van der Waals surface area contributed by atoms with Gasteiger partial charge in [0, 0.05) is 49.3 Å².